The molecule has 4 aromatic rings. The Balaban J connectivity index is 1.70. The van der Waals surface area contributed by atoms with Crippen LogP contribution in [0.2, 0.25) is 0 Å². The molecule has 2 heterocycles. The second kappa shape index (κ2) is 8.18. The predicted octanol–water partition coefficient (Wildman–Crippen LogP) is 3.77. The molecule has 0 fully saturated rings. The number of para-hydroxylation sites is 1. The van der Waals surface area contributed by atoms with Gasteiger partial charge in [0.05, 0.1) is 23.8 Å². The third-order valence-corrected chi connectivity index (χ3v) is 4.20. The van der Waals surface area contributed by atoms with E-state index in [2.05, 4.69) is 20.7 Å². The average Bonchev–Trinajstić information content (AvgIpc) is 3.19. The van der Waals surface area contributed by atoms with Crippen LogP contribution < -0.4 is 10.6 Å². The molecular formula is C22H17N5O2. The number of rotatable bonds is 5. The number of pyridine rings is 1. The molecule has 2 amide bonds. The van der Waals surface area contributed by atoms with Crippen molar-refractivity contribution in [1.29, 1.82) is 0 Å². The first-order valence-electron chi connectivity index (χ1n) is 8.93. The molecule has 7 heteroatoms. The van der Waals surface area contributed by atoms with E-state index < -0.39 is 5.91 Å². The van der Waals surface area contributed by atoms with E-state index in [4.69, 9.17) is 0 Å². The van der Waals surface area contributed by atoms with Gasteiger partial charge >= 0.3 is 0 Å². The summed E-state index contributed by atoms with van der Waals surface area (Å²) in [6.45, 7) is 0. The van der Waals surface area contributed by atoms with Crippen LogP contribution in [0.4, 0.5) is 11.5 Å². The summed E-state index contributed by atoms with van der Waals surface area (Å²) in [7, 11) is 0. The Hall–Kier alpha value is -4.26. The summed E-state index contributed by atoms with van der Waals surface area (Å²) < 4.78 is 1.53. The molecule has 2 aromatic heterocycles. The van der Waals surface area contributed by atoms with Crippen molar-refractivity contribution in [2.24, 2.45) is 0 Å². The molecule has 29 heavy (non-hydrogen) atoms. The fourth-order valence-electron chi connectivity index (χ4n) is 2.80. The minimum atomic E-state index is -0.399. The van der Waals surface area contributed by atoms with Crippen LogP contribution in [-0.4, -0.2) is 26.6 Å². The largest absolute Gasteiger partial charge is 0.320 e. The molecule has 0 radical (unpaired) electrons. The fraction of sp³-hybridized carbons (Fsp3) is 0. The molecule has 4 rings (SSSR count). The SMILES string of the molecule is O=C(Nc1c(C(=O)Nc2cccnc2)cnn1-c1ccccc1)c1ccccc1. The lowest BCUT2D eigenvalue weighted by molar-refractivity contribution is 0.102. The van der Waals surface area contributed by atoms with Crippen molar-refractivity contribution in [3.05, 3.63) is 103 Å². The molecule has 0 aliphatic heterocycles. The summed E-state index contributed by atoms with van der Waals surface area (Å²) in [5, 5.41) is 9.92. The third-order valence-electron chi connectivity index (χ3n) is 4.20. The van der Waals surface area contributed by atoms with E-state index in [1.807, 2.05) is 36.4 Å². The molecule has 2 N–H and O–H groups in total. The average molecular weight is 383 g/mol. The highest BCUT2D eigenvalue weighted by molar-refractivity contribution is 6.12. The molecule has 0 saturated heterocycles. The summed E-state index contributed by atoms with van der Waals surface area (Å²) in [5.41, 5.74) is 1.98. The number of amides is 2. The quantitative estimate of drug-likeness (QED) is 0.549. The number of hydrogen-bond acceptors (Lipinski definition) is 4. The van der Waals surface area contributed by atoms with Gasteiger partial charge in [-0.05, 0) is 36.4 Å². The smallest absolute Gasteiger partial charge is 0.261 e. The van der Waals surface area contributed by atoms with Gasteiger partial charge in [-0.15, -0.1) is 0 Å². The van der Waals surface area contributed by atoms with Crippen LogP contribution in [-0.2, 0) is 0 Å². The maximum Gasteiger partial charge on any atom is 0.261 e. The van der Waals surface area contributed by atoms with Crippen LogP contribution in [0, 0.1) is 0 Å². The molecule has 0 unspecified atom stereocenters. The molecule has 7 nitrogen and oxygen atoms in total. The van der Waals surface area contributed by atoms with E-state index in [-0.39, 0.29) is 17.3 Å². The van der Waals surface area contributed by atoms with Crippen molar-refractivity contribution in [1.82, 2.24) is 14.8 Å². The van der Waals surface area contributed by atoms with Gasteiger partial charge in [-0.25, -0.2) is 4.68 Å². The van der Waals surface area contributed by atoms with Crippen LogP contribution in [0.5, 0.6) is 0 Å². The summed E-state index contributed by atoms with van der Waals surface area (Å²) >= 11 is 0. The number of benzene rings is 2. The van der Waals surface area contributed by atoms with Gasteiger partial charge in [0.25, 0.3) is 11.8 Å². The highest BCUT2D eigenvalue weighted by Gasteiger charge is 2.21. The maximum atomic E-state index is 12.9. The first-order chi connectivity index (χ1) is 14.2. The van der Waals surface area contributed by atoms with Gasteiger partial charge in [0.15, 0.2) is 0 Å². The molecule has 0 aliphatic carbocycles. The molecule has 0 atom stereocenters. The molecule has 0 saturated carbocycles. The van der Waals surface area contributed by atoms with Crippen molar-refractivity contribution < 1.29 is 9.59 Å². The van der Waals surface area contributed by atoms with E-state index in [1.54, 1.807) is 48.8 Å². The van der Waals surface area contributed by atoms with E-state index in [0.717, 1.165) is 5.69 Å². The minimum Gasteiger partial charge on any atom is -0.320 e. The Kier molecular flexibility index (Phi) is 5.11. The highest BCUT2D eigenvalue weighted by atomic mass is 16.2. The second-order valence-corrected chi connectivity index (χ2v) is 6.17. The first kappa shape index (κ1) is 18.1. The molecule has 0 bridgehead atoms. The van der Waals surface area contributed by atoms with Crippen LogP contribution in [0.25, 0.3) is 5.69 Å². The lowest BCUT2D eigenvalue weighted by Gasteiger charge is -2.11. The standard InChI is InChI=1S/C22H17N5O2/c28-21(16-8-3-1-4-9-16)26-20-19(22(29)25-17-10-7-13-23-14-17)15-24-27(20)18-11-5-2-6-12-18/h1-15H,(H,25,29)(H,26,28). The Bertz CT molecular complexity index is 1130. The van der Waals surface area contributed by atoms with Gasteiger partial charge in [0.1, 0.15) is 11.4 Å². The van der Waals surface area contributed by atoms with Gasteiger partial charge in [0, 0.05) is 11.8 Å². The summed E-state index contributed by atoms with van der Waals surface area (Å²) in [6, 6.07) is 21.5. The monoisotopic (exact) mass is 383 g/mol. The van der Waals surface area contributed by atoms with E-state index in [1.165, 1.54) is 10.9 Å². The van der Waals surface area contributed by atoms with Crippen LogP contribution in [0.3, 0.4) is 0 Å². The number of carbonyl (C=O) groups is 2. The van der Waals surface area contributed by atoms with Crippen molar-refractivity contribution in [2.75, 3.05) is 10.6 Å². The third kappa shape index (κ3) is 4.03. The van der Waals surface area contributed by atoms with Crippen molar-refractivity contribution in [3.63, 3.8) is 0 Å². The zero-order valence-electron chi connectivity index (χ0n) is 15.3. The molecule has 0 aliphatic rings. The Morgan fingerprint density at radius 3 is 2.17 bits per heavy atom. The van der Waals surface area contributed by atoms with Crippen LogP contribution in [0.1, 0.15) is 20.7 Å². The van der Waals surface area contributed by atoms with E-state index in [0.29, 0.717) is 11.3 Å². The number of carbonyl (C=O) groups excluding carboxylic acids is 2. The first-order valence-corrected chi connectivity index (χ1v) is 8.93. The Morgan fingerprint density at radius 1 is 0.759 bits per heavy atom. The minimum absolute atomic E-state index is 0.238. The predicted molar refractivity (Wildman–Crippen MR) is 110 cm³/mol. The zero-order valence-corrected chi connectivity index (χ0v) is 15.3. The molecular weight excluding hydrogens is 366 g/mol. The van der Waals surface area contributed by atoms with Gasteiger partial charge < -0.3 is 10.6 Å². The molecule has 142 valence electrons. The van der Waals surface area contributed by atoms with Crippen molar-refractivity contribution in [2.45, 2.75) is 0 Å². The number of aromatic nitrogens is 3. The number of nitrogens with zero attached hydrogens (tertiary/aromatic N) is 3. The van der Waals surface area contributed by atoms with Crippen LogP contribution >= 0.6 is 0 Å². The van der Waals surface area contributed by atoms with E-state index in [9.17, 15) is 9.59 Å². The molecule has 2 aromatic carbocycles. The summed E-state index contributed by atoms with van der Waals surface area (Å²) in [4.78, 5) is 29.6. The summed E-state index contributed by atoms with van der Waals surface area (Å²) in [6.07, 6.45) is 4.59. The zero-order chi connectivity index (χ0) is 20.1. The van der Waals surface area contributed by atoms with E-state index >= 15 is 0 Å². The lowest BCUT2D eigenvalue weighted by Crippen LogP contribution is -2.19. The molecule has 0 spiro atoms. The van der Waals surface area contributed by atoms with Crippen molar-refractivity contribution in [3.8, 4) is 5.69 Å². The Morgan fingerprint density at radius 2 is 1.48 bits per heavy atom. The lowest BCUT2D eigenvalue weighted by atomic mass is 10.2. The topological polar surface area (TPSA) is 88.9 Å². The maximum absolute atomic E-state index is 12.9. The van der Waals surface area contributed by atoms with Crippen molar-refractivity contribution >= 4 is 23.3 Å². The van der Waals surface area contributed by atoms with Gasteiger partial charge in [-0.2, -0.15) is 5.10 Å². The highest BCUT2D eigenvalue weighted by Crippen LogP contribution is 2.22. The number of anilines is 2. The van der Waals surface area contributed by atoms with Gasteiger partial charge in [0.2, 0.25) is 0 Å². The number of nitrogens with one attached hydrogen (secondary N) is 2. The van der Waals surface area contributed by atoms with Crippen LogP contribution in [0.15, 0.2) is 91.4 Å². The summed E-state index contributed by atoms with van der Waals surface area (Å²) in [5.74, 6) is -0.450. The second-order valence-electron chi connectivity index (χ2n) is 6.17. The fourth-order valence-corrected chi connectivity index (χ4v) is 2.80. The Labute approximate surface area is 167 Å². The van der Waals surface area contributed by atoms with Gasteiger partial charge in [-0.1, -0.05) is 36.4 Å². The number of hydrogen-bond donors (Lipinski definition) is 2. The van der Waals surface area contributed by atoms with Gasteiger partial charge in [-0.3, -0.25) is 14.6 Å². The normalized spacial score (nSPS) is 10.3.